The smallest absolute Gasteiger partial charge is 0.360 e. The quantitative estimate of drug-likeness (QED) is 0.729. The van der Waals surface area contributed by atoms with Crippen LogP contribution in [-0.2, 0) is 6.18 Å². The molecule has 1 fully saturated rings. The molecule has 0 radical (unpaired) electrons. The zero-order valence-corrected chi connectivity index (χ0v) is 12.7. The van der Waals surface area contributed by atoms with E-state index < -0.39 is 23.1 Å². The molecule has 0 saturated heterocycles. The van der Waals surface area contributed by atoms with Crippen LogP contribution in [0.2, 0.25) is 0 Å². The van der Waals surface area contributed by atoms with E-state index in [0.717, 1.165) is 25.0 Å². The molecule has 0 amide bonds. The summed E-state index contributed by atoms with van der Waals surface area (Å²) >= 11 is 0. The van der Waals surface area contributed by atoms with Crippen molar-refractivity contribution in [3.63, 3.8) is 0 Å². The number of ketones is 1. The number of nitrogens with zero attached hydrogens (tertiary/aromatic N) is 3. The fourth-order valence-electron chi connectivity index (χ4n) is 2.67. The van der Waals surface area contributed by atoms with Crippen LogP contribution in [-0.4, -0.2) is 26.1 Å². The average Bonchev–Trinajstić information content (AvgIpc) is 3.10. The van der Waals surface area contributed by atoms with Gasteiger partial charge in [-0.05, 0) is 25.0 Å². The van der Waals surface area contributed by atoms with Crippen molar-refractivity contribution >= 4 is 5.78 Å². The van der Waals surface area contributed by atoms with Crippen LogP contribution < -0.4 is 0 Å². The Labute approximate surface area is 139 Å². The highest BCUT2D eigenvalue weighted by atomic mass is 19.4. The molecule has 3 aromatic rings. The van der Waals surface area contributed by atoms with Crippen molar-refractivity contribution in [1.82, 2.24) is 20.3 Å². The summed E-state index contributed by atoms with van der Waals surface area (Å²) in [5, 5.41) is 9.70. The average molecular weight is 348 g/mol. The number of hydrogen-bond acceptors (Lipinski definition) is 5. The molecule has 0 unspecified atom stereocenters. The molecule has 1 aromatic carbocycles. The Bertz CT molecular complexity index is 927. The maximum atomic E-state index is 13.5. The van der Waals surface area contributed by atoms with Gasteiger partial charge in [0.2, 0.25) is 0 Å². The SMILES string of the molecule is O=C(c1ccc(-c2ncn[nH]2)cc1C(F)(F)F)c1cnoc1C1CC1. The van der Waals surface area contributed by atoms with E-state index in [1.54, 1.807) is 0 Å². The number of carbonyl (C=O) groups is 1. The van der Waals surface area contributed by atoms with Crippen LogP contribution >= 0.6 is 0 Å². The second kappa shape index (κ2) is 5.54. The third-order valence-electron chi connectivity index (χ3n) is 4.05. The third-order valence-corrected chi connectivity index (χ3v) is 4.05. The van der Waals surface area contributed by atoms with Crippen LogP contribution in [0.25, 0.3) is 11.4 Å². The van der Waals surface area contributed by atoms with Crippen LogP contribution in [0.4, 0.5) is 13.2 Å². The molecule has 9 heteroatoms. The summed E-state index contributed by atoms with van der Waals surface area (Å²) in [5.41, 5.74) is -1.20. The predicted octanol–water partition coefficient (Wildman–Crippen LogP) is 3.59. The molecular formula is C16H11F3N4O2. The van der Waals surface area contributed by atoms with E-state index in [2.05, 4.69) is 20.3 Å². The number of H-pyrrole nitrogens is 1. The number of alkyl halides is 3. The number of hydrogen-bond donors (Lipinski definition) is 1. The Hall–Kier alpha value is -2.97. The van der Waals surface area contributed by atoms with Gasteiger partial charge in [-0.3, -0.25) is 9.89 Å². The second-order valence-electron chi connectivity index (χ2n) is 5.80. The number of aromatic nitrogens is 4. The normalized spacial score (nSPS) is 14.7. The fourth-order valence-corrected chi connectivity index (χ4v) is 2.67. The molecule has 25 heavy (non-hydrogen) atoms. The van der Waals surface area contributed by atoms with Crippen LogP contribution in [0.1, 0.15) is 46.0 Å². The van der Waals surface area contributed by atoms with Crippen molar-refractivity contribution < 1.29 is 22.5 Å². The molecule has 1 aliphatic carbocycles. The van der Waals surface area contributed by atoms with Crippen LogP contribution in [0.5, 0.6) is 0 Å². The zero-order chi connectivity index (χ0) is 17.6. The summed E-state index contributed by atoms with van der Waals surface area (Å²) in [7, 11) is 0. The minimum Gasteiger partial charge on any atom is -0.360 e. The first kappa shape index (κ1) is 15.6. The van der Waals surface area contributed by atoms with E-state index in [4.69, 9.17) is 4.52 Å². The first-order chi connectivity index (χ1) is 11.9. The number of halogens is 3. The number of benzene rings is 1. The molecule has 1 saturated carbocycles. The summed E-state index contributed by atoms with van der Waals surface area (Å²) in [6.07, 6.45) is -0.642. The van der Waals surface area contributed by atoms with Gasteiger partial charge in [0.15, 0.2) is 17.4 Å². The summed E-state index contributed by atoms with van der Waals surface area (Å²) < 4.78 is 45.6. The van der Waals surface area contributed by atoms with Crippen LogP contribution in [0, 0.1) is 0 Å². The molecule has 4 rings (SSSR count). The van der Waals surface area contributed by atoms with Gasteiger partial charge in [-0.15, -0.1) is 0 Å². The third kappa shape index (κ3) is 2.81. The van der Waals surface area contributed by atoms with Crippen molar-refractivity contribution in [3.05, 3.63) is 53.2 Å². The maximum absolute atomic E-state index is 13.5. The lowest BCUT2D eigenvalue weighted by molar-refractivity contribution is -0.137. The van der Waals surface area contributed by atoms with Gasteiger partial charge in [-0.25, -0.2) is 4.98 Å². The summed E-state index contributed by atoms with van der Waals surface area (Å²) in [4.78, 5) is 16.5. The van der Waals surface area contributed by atoms with Gasteiger partial charge in [0, 0.05) is 17.0 Å². The first-order valence-electron chi connectivity index (χ1n) is 7.51. The second-order valence-corrected chi connectivity index (χ2v) is 5.80. The van der Waals surface area contributed by atoms with Crippen molar-refractivity contribution in [3.8, 4) is 11.4 Å². The molecule has 0 spiro atoms. The Morgan fingerprint density at radius 2 is 2.04 bits per heavy atom. The standard InChI is InChI=1S/C16H11F3N4O2/c17-16(18,19)12-5-9(15-20-7-21-23-15)3-4-10(12)13(24)11-6-22-25-14(11)8-1-2-8/h3-8H,1-2H2,(H,20,21,23). The molecule has 1 N–H and O–H groups in total. The van der Waals surface area contributed by atoms with Crippen molar-refractivity contribution in [2.24, 2.45) is 0 Å². The van der Waals surface area contributed by atoms with Gasteiger partial charge in [0.25, 0.3) is 0 Å². The van der Waals surface area contributed by atoms with E-state index in [9.17, 15) is 18.0 Å². The van der Waals surface area contributed by atoms with Crippen molar-refractivity contribution in [1.29, 1.82) is 0 Å². The van der Waals surface area contributed by atoms with Crippen molar-refractivity contribution in [2.45, 2.75) is 24.9 Å². The van der Waals surface area contributed by atoms with Crippen LogP contribution in [0.3, 0.4) is 0 Å². The van der Waals surface area contributed by atoms with E-state index in [1.165, 1.54) is 18.6 Å². The summed E-state index contributed by atoms with van der Waals surface area (Å²) in [6.45, 7) is 0. The number of carbonyl (C=O) groups excluding carboxylic acids is 1. The van der Waals surface area contributed by atoms with E-state index >= 15 is 0 Å². The van der Waals surface area contributed by atoms with Gasteiger partial charge in [-0.2, -0.15) is 18.3 Å². The van der Waals surface area contributed by atoms with E-state index in [0.29, 0.717) is 5.76 Å². The number of nitrogens with one attached hydrogen (secondary N) is 1. The molecule has 0 aliphatic heterocycles. The number of rotatable bonds is 4. The lowest BCUT2D eigenvalue weighted by atomic mass is 9.95. The molecule has 2 heterocycles. The summed E-state index contributed by atoms with van der Waals surface area (Å²) in [5.74, 6) is -0.144. The van der Waals surface area contributed by atoms with Crippen molar-refractivity contribution in [2.75, 3.05) is 0 Å². The van der Waals surface area contributed by atoms with Gasteiger partial charge in [0.1, 0.15) is 6.33 Å². The van der Waals surface area contributed by atoms with Crippen LogP contribution in [0.15, 0.2) is 35.2 Å². The lowest BCUT2D eigenvalue weighted by Crippen LogP contribution is -2.14. The van der Waals surface area contributed by atoms with Gasteiger partial charge in [0.05, 0.1) is 17.3 Å². The van der Waals surface area contributed by atoms with Gasteiger partial charge >= 0.3 is 6.18 Å². The molecule has 128 valence electrons. The molecule has 0 bridgehead atoms. The highest BCUT2D eigenvalue weighted by Gasteiger charge is 2.38. The Kier molecular flexibility index (Phi) is 3.45. The highest BCUT2D eigenvalue weighted by molar-refractivity contribution is 6.10. The molecule has 2 aromatic heterocycles. The molecule has 0 atom stereocenters. The summed E-state index contributed by atoms with van der Waals surface area (Å²) in [6, 6.07) is 3.43. The lowest BCUT2D eigenvalue weighted by Gasteiger charge is -2.13. The van der Waals surface area contributed by atoms with E-state index in [-0.39, 0.29) is 22.9 Å². The monoisotopic (exact) mass is 348 g/mol. The topological polar surface area (TPSA) is 84.7 Å². The fraction of sp³-hybridized carbons (Fsp3) is 0.250. The largest absolute Gasteiger partial charge is 0.417 e. The van der Waals surface area contributed by atoms with E-state index in [1.807, 2.05) is 0 Å². The minimum atomic E-state index is -4.70. The molecule has 1 aliphatic rings. The Balaban J connectivity index is 1.80. The Morgan fingerprint density at radius 1 is 1.24 bits per heavy atom. The minimum absolute atomic E-state index is 0.0595. The van der Waals surface area contributed by atoms with Gasteiger partial charge in [-0.1, -0.05) is 11.2 Å². The zero-order valence-electron chi connectivity index (χ0n) is 12.7. The molecule has 6 nitrogen and oxygen atoms in total. The van der Waals surface area contributed by atoms with Gasteiger partial charge < -0.3 is 4.52 Å². The predicted molar refractivity (Wildman–Crippen MR) is 78.7 cm³/mol. The molecular weight excluding hydrogens is 337 g/mol. The maximum Gasteiger partial charge on any atom is 0.417 e. The number of aromatic amines is 1. The highest BCUT2D eigenvalue weighted by Crippen LogP contribution is 2.43. The first-order valence-corrected chi connectivity index (χ1v) is 7.51. The Morgan fingerprint density at radius 3 is 2.68 bits per heavy atom.